The van der Waals surface area contributed by atoms with Crippen LogP contribution >= 0.6 is 11.6 Å². The first kappa shape index (κ1) is 12.9. The monoisotopic (exact) mass is 246 g/mol. The van der Waals surface area contributed by atoms with E-state index in [0.29, 0.717) is 6.54 Å². The molecule has 1 rings (SSSR count). The van der Waals surface area contributed by atoms with E-state index in [1.54, 1.807) is 6.07 Å². The SMILES string of the molecule is NCCOCC(=O)Nc1cccc(Cl)c1F. The van der Waals surface area contributed by atoms with Gasteiger partial charge in [-0.05, 0) is 12.1 Å². The first-order valence-corrected chi connectivity index (χ1v) is 5.04. The maximum Gasteiger partial charge on any atom is 0.250 e. The van der Waals surface area contributed by atoms with Gasteiger partial charge in [0.15, 0.2) is 5.82 Å². The molecule has 0 atom stereocenters. The minimum Gasteiger partial charge on any atom is -0.370 e. The molecule has 0 saturated carbocycles. The third-order valence-corrected chi connectivity index (χ3v) is 2.01. The molecule has 1 amide bonds. The largest absolute Gasteiger partial charge is 0.370 e. The fourth-order valence-electron chi connectivity index (χ4n) is 1.03. The lowest BCUT2D eigenvalue weighted by Gasteiger charge is -2.07. The highest BCUT2D eigenvalue weighted by molar-refractivity contribution is 6.31. The van der Waals surface area contributed by atoms with Gasteiger partial charge < -0.3 is 15.8 Å². The zero-order valence-electron chi connectivity index (χ0n) is 8.50. The van der Waals surface area contributed by atoms with Crippen LogP contribution in [0.2, 0.25) is 5.02 Å². The first-order chi connectivity index (χ1) is 7.65. The summed E-state index contributed by atoms with van der Waals surface area (Å²) in [6.07, 6.45) is 0. The molecule has 0 bridgehead atoms. The quantitative estimate of drug-likeness (QED) is 0.772. The highest BCUT2D eigenvalue weighted by atomic mass is 35.5. The van der Waals surface area contributed by atoms with Crippen molar-refractivity contribution < 1.29 is 13.9 Å². The normalized spacial score (nSPS) is 10.2. The van der Waals surface area contributed by atoms with E-state index in [9.17, 15) is 9.18 Å². The summed E-state index contributed by atoms with van der Waals surface area (Å²) in [6.45, 7) is 0.452. The number of carbonyl (C=O) groups is 1. The Morgan fingerprint density at radius 1 is 1.56 bits per heavy atom. The van der Waals surface area contributed by atoms with Crippen molar-refractivity contribution in [1.29, 1.82) is 0 Å². The smallest absolute Gasteiger partial charge is 0.250 e. The topological polar surface area (TPSA) is 64.3 Å². The van der Waals surface area contributed by atoms with Gasteiger partial charge in [-0.2, -0.15) is 0 Å². The molecule has 1 aromatic rings. The van der Waals surface area contributed by atoms with Gasteiger partial charge in [0.2, 0.25) is 5.91 Å². The molecule has 0 aliphatic heterocycles. The van der Waals surface area contributed by atoms with Gasteiger partial charge in [0, 0.05) is 6.54 Å². The molecule has 1 aromatic carbocycles. The second-order valence-electron chi connectivity index (χ2n) is 2.99. The van der Waals surface area contributed by atoms with Gasteiger partial charge in [-0.15, -0.1) is 0 Å². The number of anilines is 1. The van der Waals surface area contributed by atoms with Crippen molar-refractivity contribution in [2.75, 3.05) is 25.1 Å². The Morgan fingerprint density at radius 3 is 3.00 bits per heavy atom. The van der Waals surface area contributed by atoms with Gasteiger partial charge in [-0.25, -0.2) is 4.39 Å². The predicted octanol–water partition coefficient (Wildman–Crippen LogP) is 1.39. The van der Waals surface area contributed by atoms with Crippen LogP contribution in [0.25, 0.3) is 0 Å². The standard InChI is InChI=1S/C10H12ClFN2O2/c11-7-2-1-3-8(10(7)12)14-9(15)6-16-5-4-13/h1-3H,4-6,13H2,(H,14,15). The Labute approximate surface area is 97.5 Å². The van der Waals surface area contributed by atoms with Crippen molar-refractivity contribution in [2.24, 2.45) is 5.73 Å². The summed E-state index contributed by atoms with van der Waals surface area (Å²) in [5.74, 6) is -1.11. The van der Waals surface area contributed by atoms with Crippen LogP contribution in [0.5, 0.6) is 0 Å². The molecular formula is C10H12ClFN2O2. The molecule has 0 radical (unpaired) electrons. The molecule has 0 saturated heterocycles. The molecule has 0 heterocycles. The number of hydrogen-bond donors (Lipinski definition) is 2. The summed E-state index contributed by atoms with van der Waals surface area (Å²) in [7, 11) is 0. The van der Waals surface area contributed by atoms with Crippen LogP contribution in [-0.4, -0.2) is 25.7 Å². The lowest BCUT2D eigenvalue weighted by Crippen LogP contribution is -2.21. The van der Waals surface area contributed by atoms with Gasteiger partial charge in [-0.1, -0.05) is 17.7 Å². The van der Waals surface area contributed by atoms with Gasteiger partial charge in [0.05, 0.1) is 17.3 Å². The van der Waals surface area contributed by atoms with Crippen molar-refractivity contribution >= 4 is 23.2 Å². The Bertz CT molecular complexity index is 374. The molecule has 0 spiro atoms. The Hall–Kier alpha value is -1.17. The third kappa shape index (κ3) is 3.77. The number of ether oxygens (including phenoxy) is 1. The van der Waals surface area contributed by atoms with Crippen LogP contribution in [0.4, 0.5) is 10.1 Å². The maximum absolute atomic E-state index is 13.3. The molecule has 16 heavy (non-hydrogen) atoms. The minimum absolute atomic E-state index is 0.0360. The van der Waals surface area contributed by atoms with Crippen LogP contribution in [0.3, 0.4) is 0 Å². The highest BCUT2D eigenvalue weighted by Gasteiger charge is 2.09. The van der Waals surface area contributed by atoms with Gasteiger partial charge in [0.25, 0.3) is 0 Å². The molecule has 0 aliphatic rings. The van der Waals surface area contributed by atoms with E-state index in [-0.39, 0.29) is 23.9 Å². The first-order valence-electron chi connectivity index (χ1n) is 4.67. The zero-order chi connectivity index (χ0) is 12.0. The average molecular weight is 247 g/mol. The molecule has 0 aliphatic carbocycles. The van der Waals surface area contributed by atoms with E-state index >= 15 is 0 Å². The Morgan fingerprint density at radius 2 is 2.31 bits per heavy atom. The van der Waals surface area contributed by atoms with Crippen LogP contribution < -0.4 is 11.1 Å². The minimum atomic E-state index is -0.656. The number of nitrogens with one attached hydrogen (secondary N) is 1. The van der Waals surface area contributed by atoms with Gasteiger partial charge >= 0.3 is 0 Å². The number of nitrogens with two attached hydrogens (primary N) is 1. The highest BCUT2D eigenvalue weighted by Crippen LogP contribution is 2.21. The summed E-state index contributed by atoms with van der Waals surface area (Å²) in [5, 5.41) is 2.30. The molecule has 88 valence electrons. The Kier molecular flexibility index (Phi) is 5.18. The van der Waals surface area contributed by atoms with E-state index in [4.69, 9.17) is 22.1 Å². The summed E-state index contributed by atoms with van der Waals surface area (Å²) >= 11 is 5.55. The molecule has 0 aromatic heterocycles. The predicted molar refractivity (Wildman–Crippen MR) is 59.9 cm³/mol. The second-order valence-corrected chi connectivity index (χ2v) is 3.40. The maximum atomic E-state index is 13.3. The number of hydrogen-bond acceptors (Lipinski definition) is 3. The zero-order valence-corrected chi connectivity index (χ0v) is 9.26. The van der Waals surface area contributed by atoms with Crippen molar-refractivity contribution in [2.45, 2.75) is 0 Å². The fraction of sp³-hybridized carbons (Fsp3) is 0.300. The molecule has 4 nitrogen and oxygen atoms in total. The third-order valence-electron chi connectivity index (χ3n) is 1.72. The van der Waals surface area contributed by atoms with Crippen LogP contribution in [0.15, 0.2) is 18.2 Å². The van der Waals surface area contributed by atoms with Crippen molar-refractivity contribution in [1.82, 2.24) is 0 Å². The van der Waals surface area contributed by atoms with Gasteiger partial charge in [0.1, 0.15) is 6.61 Å². The Balaban J connectivity index is 2.53. The number of benzene rings is 1. The molecular weight excluding hydrogens is 235 g/mol. The van der Waals surface area contributed by atoms with Crippen molar-refractivity contribution in [3.63, 3.8) is 0 Å². The number of halogens is 2. The van der Waals surface area contributed by atoms with Crippen molar-refractivity contribution in [3.05, 3.63) is 29.0 Å². The number of rotatable bonds is 5. The summed E-state index contributed by atoms with van der Waals surface area (Å²) in [5.41, 5.74) is 5.21. The lowest BCUT2D eigenvalue weighted by atomic mass is 10.3. The van der Waals surface area contributed by atoms with Crippen LogP contribution in [-0.2, 0) is 9.53 Å². The molecule has 0 unspecified atom stereocenters. The summed E-state index contributed by atoms with van der Waals surface area (Å²) in [4.78, 5) is 11.3. The molecule has 6 heteroatoms. The molecule has 0 fully saturated rings. The van der Waals surface area contributed by atoms with Crippen molar-refractivity contribution in [3.8, 4) is 0 Å². The summed E-state index contributed by atoms with van der Waals surface area (Å²) in [6, 6.07) is 4.36. The average Bonchev–Trinajstić information content (AvgIpc) is 2.25. The van der Waals surface area contributed by atoms with Gasteiger partial charge in [-0.3, -0.25) is 4.79 Å². The second kappa shape index (κ2) is 6.42. The van der Waals surface area contributed by atoms with Crippen LogP contribution in [0.1, 0.15) is 0 Å². The lowest BCUT2D eigenvalue weighted by molar-refractivity contribution is -0.120. The van der Waals surface area contributed by atoms with Crippen LogP contribution in [0, 0.1) is 5.82 Å². The van der Waals surface area contributed by atoms with E-state index in [2.05, 4.69) is 5.32 Å². The number of amides is 1. The van der Waals surface area contributed by atoms with E-state index < -0.39 is 11.7 Å². The van der Waals surface area contributed by atoms with E-state index in [0.717, 1.165) is 0 Å². The summed E-state index contributed by atoms with van der Waals surface area (Å²) < 4.78 is 18.2. The van der Waals surface area contributed by atoms with E-state index in [1.165, 1.54) is 12.1 Å². The number of carbonyl (C=O) groups excluding carboxylic acids is 1. The van der Waals surface area contributed by atoms with E-state index in [1.807, 2.05) is 0 Å². The fourth-order valence-corrected chi connectivity index (χ4v) is 1.21. The molecule has 3 N–H and O–H groups in total.